The SMILES string of the molecule is O=C(O)Cc1ccccc1NS(=O)(=O)CC1CC1. The topological polar surface area (TPSA) is 83.5 Å². The number of aliphatic carboxylic acids is 1. The molecule has 0 heterocycles. The molecule has 1 aromatic carbocycles. The summed E-state index contributed by atoms with van der Waals surface area (Å²) in [5.41, 5.74) is 0.838. The molecule has 0 unspecified atom stereocenters. The van der Waals surface area contributed by atoms with Crippen LogP contribution in [0.25, 0.3) is 0 Å². The van der Waals surface area contributed by atoms with Crippen molar-refractivity contribution in [1.29, 1.82) is 0 Å². The molecule has 0 bridgehead atoms. The van der Waals surface area contributed by atoms with Crippen LogP contribution in [0.2, 0.25) is 0 Å². The second-order valence-corrected chi connectivity index (χ2v) is 6.32. The first kappa shape index (κ1) is 12.9. The number of para-hydroxylation sites is 1. The average molecular weight is 269 g/mol. The van der Waals surface area contributed by atoms with Crippen molar-refractivity contribution < 1.29 is 18.3 Å². The maximum atomic E-state index is 11.8. The largest absolute Gasteiger partial charge is 0.481 e. The number of nitrogens with one attached hydrogen (secondary N) is 1. The predicted molar refractivity (Wildman–Crippen MR) is 67.9 cm³/mol. The molecule has 2 rings (SSSR count). The van der Waals surface area contributed by atoms with E-state index in [2.05, 4.69) is 4.72 Å². The molecular weight excluding hydrogens is 254 g/mol. The Kier molecular flexibility index (Phi) is 3.56. The van der Waals surface area contributed by atoms with Gasteiger partial charge in [0.25, 0.3) is 0 Å². The molecule has 1 aromatic rings. The quantitative estimate of drug-likeness (QED) is 0.819. The first-order chi connectivity index (χ1) is 8.46. The zero-order valence-corrected chi connectivity index (χ0v) is 10.6. The first-order valence-corrected chi connectivity index (χ1v) is 7.42. The first-order valence-electron chi connectivity index (χ1n) is 5.76. The molecule has 0 atom stereocenters. The van der Waals surface area contributed by atoms with Crippen LogP contribution < -0.4 is 4.72 Å². The van der Waals surface area contributed by atoms with Gasteiger partial charge in [0.1, 0.15) is 0 Å². The molecule has 1 aliphatic carbocycles. The zero-order chi connectivity index (χ0) is 13.2. The van der Waals surface area contributed by atoms with Gasteiger partial charge in [-0.2, -0.15) is 0 Å². The minimum absolute atomic E-state index is 0.119. The lowest BCUT2D eigenvalue weighted by atomic mass is 10.1. The van der Waals surface area contributed by atoms with E-state index in [0.717, 1.165) is 12.8 Å². The van der Waals surface area contributed by atoms with E-state index >= 15 is 0 Å². The van der Waals surface area contributed by atoms with E-state index < -0.39 is 16.0 Å². The number of carboxylic acids is 1. The van der Waals surface area contributed by atoms with Crippen LogP contribution >= 0.6 is 0 Å². The van der Waals surface area contributed by atoms with Gasteiger partial charge in [0.2, 0.25) is 10.0 Å². The smallest absolute Gasteiger partial charge is 0.307 e. The van der Waals surface area contributed by atoms with E-state index in [1.54, 1.807) is 24.3 Å². The lowest BCUT2D eigenvalue weighted by molar-refractivity contribution is -0.136. The van der Waals surface area contributed by atoms with Crippen LogP contribution in [0.1, 0.15) is 18.4 Å². The second-order valence-electron chi connectivity index (χ2n) is 4.55. The number of rotatable bonds is 6. The summed E-state index contributed by atoms with van der Waals surface area (Å²) < 4.78 is 26.1. The second kappa shape index (κ2) is 4.97. The number of hydrogen-bond acceptors (Lipinski definition) is 3. The fourth-order valence-corrected chi connectivity index (χ4v) is 3.31. The third-order valence-corrected chi connectivity index (χ3v) is 4.22. The predicted octanol–water partition coefficient (Wildman–Crippen LogP) is 1.47. The maximum absolute atomic E-state index is 11.8. The summed E-state index contributed by atoms with van der Waals surface area (Å²) in [6, 6.07) is 6.57. The van der Waals surface area contributed by atoms with Crippen molar-refractivity contribution in [2.24, 2.45) is 5.92 Å². The summed E-state index contributed by atoms with van der Waals surface area (Å²) >= 11 is 0. The van der Waals surface area contributed by atoms with Crippen molar-refractivity contribution in [2.75, 3.05) is 10.5 Å². The number of sulfonamides is 1. The van der Waals surface area contributed by atoms with Crippen LogP contribution in [0.15, 0.2) is 24.3 Å². The van der Waals surface area contributed by atoms with Gasteiger partial charge in [-0.1, -0.05) is 18.2 Å². The van der Waals surface area contributed by atoms with E-state index in [1.165, 1.54) is 0 Å². The van der Waals surface area contributed by atoms with Crippen molar-refractivity contribution >= 4 is 21.7 Å². The van der Waals surface area contributed by atoms with Gasteiger partial charge in [0.05, 0.1) is 17.9 Å². The van der Waals surface area contributed by atoms with Crippen LogP contribution in [0.4, 0.5) is 5.69 Å². The van der Waals surface area contributed by atoms with Gasteiger partial charge in [0, 0.05) is 0 Å². The molecule has 1 saturated carbocycles. The molecule has 18 heavy (non-hydrogen) atoms. The Labute approximate surface area is 106 Å². The maximum Gasteiger partial charge on any atom is 0.307 e. The van der Waals surface area contributed by atoms with Gasteiger partial charge in [-0.3, -0.25) is 9.52 Å². The van der Waals surface area contributed by atoms with Gasteiger partial charge in [0.15, 0.2) is 0 Å². The zero-order valence-electron chi connectivity index (χ0n) is 9.80. The minimum atomic E-state index is -3.37. The van der Waals surface area contributed by atoms with Crippen molar-refractivity contribution in [1.82, 2.24) is 0 Å². The summed E-state index contributed by atoms with van der Waals surface area (Å²) in [6.45, 7) is 0. The third-order valence-electron chi connectivity index (χ3n) is 2.78. The van der Waals surface area contributed by atoms with Crippen LogP contribution in [0.3, 0.4) is 0 Å². The van der Waals surface area contributed by atoms with E-state index in [0.29, 0.717) is 11.3 Å². The van der Waals surface area contributed by atoms with Gasteiger partial charge < -0.3 is 5.11 Å². The Bertz CT molecular complexity index is 549. The van der Waals surface area contributed by atoms with Crippen LogP contribution in [0.5, 0.6) is 0 Å². The highest BCUT2D eigenvalue weighted by Gasteiger charge is 2.28. The fraction of sp³-hybridized carbons (Fsp3) is 0.417. The average Bonchev–Trinajstić information content (AvgIpc) is 3.03. The highest BCUT2D eigenvalue weighted by Crippen LogP contribution is 2.31. The fourth-order valence-electron chi connectivity index (χ4n) is 1.74. The Balaban J connectivity index is 2.14. The van der Waals surface area contributed by atoms with E-state index in [-0.39, 0.29) is 18.1 Å². The number of carboxylic acid groups (broad SMARTS) is 1. The summed E-state index contributed by atoms with van der Waals surface area (Å²) in [6.07, 6.45) is 1.72. The summed E-state index contributed by atoms with van der Waals surface area (Å²) in [4.78, 5) is 10.7. The van der Waals surface area contributed by atoms with E-state index in [9.17, 15) is 13.2 Å². The minimum Gasteiger partial charge on any atom is -0.481 e. The van der Waals surface area contributed by atoms with Gasteiger partial charge in [-0.15, -0.1) is 0 Å². The van der Waals surface area contributed by atoms with Gasteiger partial charge >= 0.3 is 5.97 Å². The monoisotopic (exact) mass is 269 g/mol. The van der Waals surface area contributed by atoms with Crippen molar-refractivity contribution in [3.05, 3.63) is 29.8 Å². The van der Waals surface area contributed by atoms with Gasteiger partial charge in [-0.05, 0) is 30.4 Å². The molecule has 5 nitrogen and oxygen atoms in total. The molecule has 1 fully saturated rings. The molecule has 2 N–H and O–H groups in total. The molecule has 0 spiro atoms. The number of carbonyl (C=O) groups is 1. The van der Waals surface area contributed by atoms with Crippen LogP contribution in [0, 0.1) is 5.92 Å². The molecule has 0 aromatic heterocycles. The molecule has 0 radical (unpaired) electrons. The number of hydrogen-bond donors (Lipinski definition) is 2. The van der Waals surface area contributed by atoms with Gasteiger partial charge in [-0.25, -0.2) is 8.42 Å². The van der Waals surface area contributed by atoms with Crippen LogP contribution in [-0.2, 0) is 21.2 Å². The lowest BCUT2D eigenvalue weighted by Crippen LogP contribution is -2.19. The molecule has 0 amide bonds. The van der Waals surface area contributed by atoms with Crippen molar-refractivity contribution in [3.8, 4) is 0 Å². The molecule has 0 aliphatic heterocycles. The Hall–Kier alpha value is -1.56. The van der Waals surface area contributed by atoms with E-state index in [4.69, 9.17) is 5.11 Å². The molecular formula is C12H15NO4S. The lowest BCUT2D eigenvalue weighted by Gasteiger charge is -2.11. The highest BCUT2D eigenvalue weighted by molar-refractivity contribution is 7.92. The molecule has 1 aliphatic rings. The standard InChI is InChI=1S/C12H15NO4S/c14-12(15)7-10-3-1-2-4-11(10)13-18(16,17)8-9-5-6-9/h1-4,9,13H,5-8H2,(H,14,15). The van der Waals surface area contributed by atoms with Crippen molar-refractivity contribution in [2.45, 2.75) is 19.3 Å². The van der Waals surface area contributed by atoms with Crippen molar-refractivity contribution in [3.63, 3.8) is 0 Å². The summed E-state index contributed by atoms with van der Waals surface area (Å²) in [7, 11) is -3.37. The van der Waals surface area contributed by atoms with E-state index in [1.807, 2.05) is 0 Å². The Morgan fingerprint density at radius 2 is 2.00 bits per heavy atom. The molecule has 0 saturated heterocycles. The summed E-state index contributed by atoms with van der Waals surface area (Å²) in [5.74, 6) is -0.605. The third kappa shape index (κ3) is 3.73. The van der Waals surface area contributed by atoms with Crippen LogP contribution in [-0.4, -0.2) is 25.2 Å². The molecule has 98 valence electrons. The Morgan fingerprint density at radius 1 is 1.33 bits per heavy atom. The molecule has 6 heteroatoms. The highest BCUT2D eigenvalue weighted by atomic mass is 32.2. The number of anilines is 1. The Morgan fingerprint density at radius 3 is 2.61 bits per heavy atom. The normalized spacial score (nSPS) is 15.3. The number of benzene rings is 1. The summed E-state index contributed by atoms with van der Waals surface area (Å²) in [5, 5.41) is 8.77.